The highest BCUT2D eigenvalue weighted by atomic mass is 79.9. The molecule has 1 amide bonds. The minimum atomic E-state index is -0.280. The molecule has 2 rings (SSSR count). The summed E-state index contributed by atoms with van der Waals surface area (Å²) in [6.07, 6.45) is 2.82. The highest BCUT2D eigenvalue weighted by Gasteiger charge is 2.40. The van der Waals surface area contributed by atoms with E-state index in [2.05, 4.69) is 33.5 Å². The number of amides is 1. The van der Waals surface area contributed by atoms with Crippen molar-refractivity contribution in [3.8, 4) is 5.75 Å². The average Bonchev–Trinajstić information content (AvgIpc) is 2.91. The van der Waals surface area contributed by atoms with Crippen molar-refractivity contribution in [1.82, 2.24) is 5.32 Å². The second-order valence-electron chi connectivity index (χ2n) is 5.26. The van der Waals surface area contributed by atoms with E-state index in [9.17, 15) is 4.79 Å². The molecule has 0 aliphatic carbocycles. The molecule has 1 heterocycles. The molecule has 110 valence electrons. The van der Waals surface area contributed by atoms with Crippen molar-refractivity contribution >= 4 is 27.5 Å². The van der Waals surface area contributed by atoms with Crippen molar-refractivity contribution in [2.45, 2.75) is 26.2 Å². The third-order valence-electron chi connectivity index (χ3n) is 3.88. The SMILES string of the molecule is CCCC1(C(=O)Nc2cc(OC)ccc2Br)CCNC1. The summed E-state index contributed by atoms with van der Waals surface area (Å²) in [5.41, 5.74) is 0.480. The molecule has 0 aromatic heterocycles. The van der Waals surface area contributed by atoms with Crippen LogP contribution in [0, 0.1) is 5.41 Å². The number of carbonyl (C=O) groups excluding carboxylic acids is 1. The average molecular weight is 341 g/mol. The number of halogens is 1. The maximum Gasteiger partial charge on any atom is 0.231 e. The van der Waals surface area contributed by atoms with Crippen molar-refractivity contribution in [3.05, 3.63) is 22.7 Å². The van der Waals surface area contributed by atoms with E-state index in [-0.39, 0.29) is 11.3 Å². The number of nitrogens with one attached hydrogen (secondary N) is 2. The zero-order valence-corrected chi connectivity index (χ0v) is 13.5. The lowest BCUT2D eigenvalue weighted by Crippen LogP contribution is -2.38. The number of rotatable bonds is 5. The van der Waals surface area contributed by atoms with Crippen LogP contribution < -0.4 is 15.4 Å². The molecule has 1 aliphatic heterocycles. The fraction of sp³-hybridized carbons (Fsp3) is 0.533. The van der Waals surface area contributed by atoms with E-state index in [0.29, 0.717) is 0 Å². The van der Waals surface area contributed by atoms with Crippen LogP contribution in [-0.2, 0) is 4.79 Å². The zero-order valence-electron chi connectivity index (χ0n) is 12.0. The fourth-order valence-corrected chi connectivity index (χ4v) is 3.07. The van der Waals surface area contributed by atoms with Gasteiger partial charge in [-0.15, -0.1) is 0 Å². The third-order valence-corrected chi connectivity index (χ3v) is 4.57. The predicted octanol–water partition coefficient (Wildman–Crippen LogP) is 3.18. The summed E-state index contributed by atoms with van der Waals surface area (Å²) in [5.74, 6) is 0.830. The van der Waals surface area contributed by atoms with E-state index in [0.717, 1.165) is 48.3 Å². The molecule has 5 heteroatoms. The molecule has 0 bridgehead atoms. The van der Waals surface area contributed by atoms with Crippen LogP contribution in [0.3, 0.4) is 0 Å². The Bertz CT molecular complexity index is 485. The van der Waals surface area contributed by atoms with Gasteiger partial charge in [0.15, 0.2) is 0 Å². The topological polar surface area (TPSA) is 50.4 Å². The second kappa shape index (κ2) is 6.59. The van der Waals surface area contributed by atoms with Crippen LogP contribution in [0.5, 0.6) is 5.75 Å². The summed E-state index contributed by atoms with van der Waals surface area (Å²) in [7, 11) is 1.62. The van der Waals surface area contributed by atoms with E-state index < -0.39 is 0 Å². The number of hydrogen-bond donors (Lipinski definition) is 2. The number of hydrogen-bond acceptors (Lipinski definition) is 3. The van der Waals surface area contributed by atoms with Gasteiger partial charge in [-0.3, -0.25) is 4.79 Å². The van der Waals surface area contributed by atoms with E-state index in [4.69, 9.17) is 4.74 Å². The van der Waals surface area contributed by atoms with Crippen LogP contribution in [0.15, 0.2) is 22.7 Å². The maximum atomic E-state index is 12.7. The van der Waals surface area contributed by atoms with Crippen LogP contribution in [0.2, 0.25) is 0 Å². The predicted molar refractivity (Wildman–Crippen MR) is 84.2 cm³/mol. The van der Waals surface area contributed by atoms with E-state index in [1.54, 1.807) is 7.11 Å². The Morgan fingerprint density at radius 2 is 2.35 bits per heavy atom. The Morgan fingerprint density at radius 3 is 2.95 bits per heavy atom. The monoisotopic (exact) mass is 340 g/mol. The minimum Gasteiger partial charge on any atom is -0.497 e. The van der Waals surface area contributed by atoms with E-state index in [1.165, 1.54) is 0 Å². The Labute approximate surface area is 128 Å². The normalized spacial score (nSPS) is 21.8. The first-order valence-corrected chi connectivity index (χ1v) is 7.76. The lowest BCUT2D eigenvalue weighted by molar-refractivity contribution is -0.125. The van der Waals surface area contributed by atoms with Gasteiger partial charge in [-0.2, -0.15) is 0 Å². The van der Waals surface area contributed by atoms with Gasteiger partial charge in [0.05, 0.1) is 18.2 Å². The van der Waals surface area contributed by atoms with Crippen molar-refractivity contribution < 1.29 is 9.53 Å². The number of anilines is 1. The van der Waals surface area contributed by atoms with Crippen molar-refractivity contribution in [3.63, 3.8) is 0 Å². The molecule has 1 unspecified atom stereocenters. The van der Waals surface area contributed by atoms with Crippen molar-refractivity contribution in [2.24, 2.45) is 5.41 Å². The van der Waals surface area contributed by atoms with Crippen LogP contribution in [0.4, 0.5) is 5.69 Å². The highest BCUT2D eigenvalue weighted by molar-refractivity contribution is 9.10. The van der Waals surface area contributed by atoms with Crippen LogP contribution in [-0.4, -0.2) is 26.1 Å². The van der Waals surface area contributed by atoms with Gasteiger partial charge in [-0.25, -0.2) is 0 Å². The molecular formula is C15H21BrN2O2. The van der Waals surface area contributed by atoms with Crippen LogP contribution >= 0.6 is 15.9 Å². The fourth-order valence-electron chi connectivity index (χ4n) is 2.73. The lowest BCUT2D eigenvalue weighted by atomic mass is 9.81. The lowest BCUT2D eigenvalue weighted by Gasteiger charge is -2.26. The standard InChI is InChI=1S/C15H21BrN2O2/c1-3-6-15(7-8-17-10-15)14(19)18-13-9-11(20-2)4-5-12(13)16/h4-5,9,17H,3,6-8,10H2,1-2H3,(H,18,19). The summed E-state index contributed by atoms with van der Waals surface area (Å²) >= 11 is 3.47. The van der Waals surface area contributed by atoms with Gasteiger partial charge in [0.2, 0.25) is 5.91 Å². The van der Waals surface area contributed by atoms with E-state index in [1.807, 2.05) is 18.2 Å². The molecule has 2 N–H and O–H groups in total. The Kier molecular flexibility index (Phi) is 5.05. The first kappa shape index (κ1) is 15.3. The summed E-state index contributed by atoms with van der Waals surface area (Å²) in [6, 6.07) is 5.58. The van der Waals surface area contributed by atoms with Gasteiger partial charge in [0.25, 0.3) is 0 Å². The highest BCUT2D eigenvalue weighted by Crippen LogP contribution is 2.34. The van der Waals surface area contributed by atoms with Crippen molar-refractivity contribution in [1.29, 1.82) is 0 Å². The minimum absolute atomic E-state index is 0.0957. The second-order valence-corrected chi connectivity index (χ2v) is 6.11. The molecule has 1 atom stereocenters. The van der Waals surface area contributed by atoms with E-state index >= 15 is 0 Å². The molecule has 20 heavy (non-hydrogen) atoms. The largest absolute Gasteiger partial charge is 0.497 e. The van der Waals surface area contributed by atoms with Crippen LogP contribution in [0.25, 0.3) is 0 Å². The van der Waals surface area contributed by atoms with Gasteiger partial charge < -0.3 is 15.4 Å². The summed E-state index contributed by atoms with van der Waals surface area (Å²) < 4.78 is 6.07. The molecule has 0 saturated carbocycles. The molecule has 4 nitrogen and oxygen atoms in total. The van der Waals surface area contributed by atoms with Crippen LogP contribution in [0.1, 0.15) is 26.2 Å². The number of methoxy groups -OCH3 is 1. The first-order valence-electron chi connectivity index (χ1n) is 6.97. The van der Waals surface area contributed by atoms with Gasteiger partial charge in [-0.05, 0) is 47.4 Å². The number of benzene rings is 1. The van der Waals surface area contributed by atoms with Gasteiger partial charge in [0.1, 0.15) is 5.75 Å². The summed E-state index contributed by atoms with van der Waals surface area (Å²) in [6.45, 7) is 3.79. The van der Waals surface area contributed by atoms with Crippen molar-refractivity contribution in [2.75, 3.05) is 25.5 Å². The van der Waals surface area contributed by atoms with Gasteiger partial charge in [0, 0.05) is 17.1 Å². The molecule has 1 aliphatic rings. The maximum absolute atomic E-state index is 12.7. The molecule has 0 spiro atoms. The van der Waals surface area contributed by atoms with Gasteiger partial charge >= 0.3 is 0 Å². The smallest absolute Gasteiger partial charge is 0.231 e. The molecular weight excluding hydrogens is 320 g/mol. The third kappa shape index (κ3) is 3.15. The summed E-state index contributed by atoms with van der Waals surface area (Å²) in [5, 5.41) is 6.35. The molecule has 1 aromatic carbocycles. The molecule has 1 saturated heterocycles. The first-order chi connectivity index (χ1) is 9.61. The summed E-state index contributed by atoms with van der Waals surface area (Å²) in [4.78, 5) is 12.7. The Hall–Kier alpha value is -1.07. The molecule has 1 aromatic rings. The zero-order chi connectivity index (χ0) is 14.6. The quantitative estimate of drug-likeness (QED) is 0.865. The Morgan fingerprint density at radius 1 is 1.55 bits per heavy atom. The number of ether oxygens (including phenoxy) is 1. The Balaban J connectivity index is 2.18. The molecule has 0 radical (unpaired) electrons. The van der Waals surface area contributed by atoms with Gasteiger partial charge in [-0.1, -0.05) is 13.3 Å². The molecule has 1 fully saturated rings. The number of carbonyl (C=O) groups is 1.